The zero-order chi connectivity index (χ0) is 14.6. The van der Waals surface area contributed by atoms with Crippen molar-refractivity contribution in [3.8, 4) is 0 Å². The highest BCUT2D eigenvalue weighted by Gasteiger charge is 2.19. The van der Waals surface area contributed by atoms with E-state index in [-0.39, 0.29) is 0 Å². The van der Waals surface area contributed by atoms with E-state index in [1.54, 1.807) is 14.2 Å². The molecule has 0 aliphatic heterocycles. The molecule has 1 aliphatic carbocycles. The van der Waals surface area contributed by atoms with E-state index in [0.29, 0.717) is 0 Å². The van der Waals surface area contributed by atoms with Crippen LogP contribution >= 0.6 is 0 Å². The van der Waals surface area contributed by atoms with Gasteiger partial charge >= 0.3 is 8.56 Å². The molecule has 0 saturated carbocycles. The maximum Gasteiger partial charge on any atom is 0.331 e. The van der Waals surface area contributed by atoms with Gasteiger partial charge in [-0.25, -0.2) is 0 Å². The standard InChI is InChI=1S/C13H10.C4H12O2Si/c1-4-10-6-2-8-12-9-3-7-11(5-1)13(10)12;1-5-7(3,4)6-2/h1-8H,9H2;1-4H3. The molecular weight excluding hydrogens is 264 g/mol. The molecule has 0 atom stereocenters. The van der Waals surface area contributed by atoms with E-state index < -0.39 is 8.56 Å². The normalized spacial score (nSPS) is 13.0. The average Bonchev–Trinajstić information content (AvgIpc) is 2.49. The fourth-order valence-electron chi connectivity index (χ4n) is 2.15. The van der Waals surface area contributed by atoms with Crippen LogP contribution in [0.25, 0.3) is 16.8 Å². The highest BCUT2D eigenvalue weighted by atomic mass is 28.4. The first-order chi connectivity index (χ1) is 9.57. The van der Waals surface area contributed by atoms with Crippen LogP contribution in [0.2, 0.25) is 13.1 Å². The van der Waals surface area contributed by atoms with Gasteiger partial charge in [0.25, 0.3) is 0 Å². The van der Waals surface area contributed by atoms with Gasteiger partial charge in [-0.05, 0) is 41.4 Å². The van der Waals surface area contributed by atoms with E-state index in [1.165, 1.54) is 21.9 Å². The van der Waals surface area contributed by atoms with Crippen LogP contribution in [0.3, 0.4) is 0 Å². The Bertz CT molecular complexity index is 606. The minimum absolute atomic E-state index is 1.08. The third-order valence-corrected chi connectivity index (χ3v) is 5.61. The van der Waals surface area contributed by atoms with Crippen LogP contribution in [-0.4, -0.2) is 22.8 Å². The van der Waals surface area contributed by atoms with Crippen LogP contribution < -0.4 is 0 Å². The van der Waals surface area contributed by atoms with Gasteiger partial charge in [0.1, 0.15) is 0 Å². The molecule has 0 N–H and O–H groups in total. The molecule has 1 aliphatic rings. The highest BCUT2D eigenvalue weighted by Crippen LogP contribution is 2.27. The molecule has 3 heteroatoms. The summed E-state index contributed by atoms with van der Waals surface area (Å²) in [5.41, 5.74) is 2.81. The predicted octanol–water partition coefficient (Wildman–Crippen LogP) is 4.39. The van der Waals surface area contributed by atoms with E-state index in [2.05, 4.69) is 48.6 Å². The first-order valence-electron chi connectivity index (χ1n) is 6.85. The van der Waals surface area contributed by atoms with Crippen molar-refractivity contribution in [1.29, 1.82) is 0 Å². The quantitative estimate of drug-likeness (QED) is 0.762. The summed E-state index contributed by atoms with van der Waals surface area (Å²) in [7, 11) is 1.70. The number of allylic oxidation sites excluding steroid dienone is 1. The maximum atomic E-state index is 5.00. The molecule has 0 amide bonds. The van der Waals surface area contributed by atoms with Crippen molar-refractivity contribution in [1.82, 2.24) is 0 Å². The number of benzene rings is 2. The van der Waals surface area contributed by atoms with Gasteiger partial charge in [-0.1, -0.05) is 48.6 Å². The molecular formula is C17H22O2Si. The van der Waals surface area contributed by atoms with E-state index >= 15 is 0 Å². The lowest BCUT2D eigenvalue weighted by molar-refractivity contribution is 0.258. The Morgan fingerprint density at radius 1 is 0.950 bits per heavy atom. The summed E-state index contributed by atoms with van der Waals surface area (Å²) < 4.78 is 10.0. The van der Waals surface area contributed by atoms with Crippen LogP contribution in [0.4, 0.5) is 0 Å². The average molecular weight is 286 g/mol. The summed E-state index contributed by atoms with van der Waals surface area (Å²) in [6, 6.07) is 13.0. The molecule has 2 aromatic carbocycles. The Labute approximate surface area is 122 Å². The van der Waals surface area contributed by atoms with Crippen LogP contribution in [0, 0.1) is 0 Å². The van der Waals surface area contributed by atoms with Gasteiger partial charge < -0.3 is 8.85 Å². The van der Waals surface area contributed by atoms with E-state index in [4.69, 9.17) is 8.85 Å². The lowest BCUT2D eigenvalue weighted by Gasteiger charge is -2.15. The monoisotopic (exact) mass is 286 g/mol. The van der Waals surface area contributed by atoms with Crippen molar-refractivity contribution < 1.29 is 8.85 Å². The Morgan fingerprint density at radius 2 is 1.60 bits per heavy atom. The fraction of sp³-hybridized carbons (Fsp3) is 0.294. The van der Waals surface area contributed by atoms with Crippen molar-refractivity contribution in [3.05, 3.63) is 53.6 Å². The Hall–Kier alpha value is -1.42. The molecule has 20 heavy (non-hydrogen) atoms. The van der Waals surface area contributed by atoms with Gasteiger partial charge in [0, 0.05) is 14.2 Å². The Balaban J connectivity index is 0.000000182. The van der Waals surface area contributed by atoms with E-state index in [0.717, 1.165) is 6.42 Å². The highest BCUT2D eigenvalue weighted by molar-refractivity contribution is 6.64. The summed E-state index contributed by atoms with van der Waals surface area (Å²) in [5, 5.41) is 2.80. The van der Waals surface area contributed by atoms with Gasteiger partial charge in [-0.15, -0.1) is 0 Å². The smallest absolute Gasteiger partial charge is 0.331 e. The lowest BCUT2D eigenvalue weighted by Crippen LogP contribution is -2.31. The van der Waals surface area contributed by atoms with E-state index in [1.807, 2.05) is 13.1 Å². The first kappa shape index (κ1) is 15.0. The van der Waals surface area contributed by atoms with Crippen LogP contribution in [0.1, 0.15) is 11.1 Å². The van der Waals surface area contributed by atoms with Crippen molar-refractivity contribution in [2.45, 2.75) is 19.5 Å². The predicted molar refractivity (Wildman–Crippen MR) is 88.2 cm³/mol. The summed E-state index contributed by atoms with van der Waals surface area (Å²) >= 11 is 0. The van der Waals surface area contributed by atoms with Crippen molar-refractivity contribution >= 4 is 25.4 Å². The topological polar surface area (TPSA) is 18.5 Å². The molecule has 0 aromatic heterocycles. The van der Waals surface area contributed by atoms with Crippen LogP contribution in [0.5, 0.6) is 0 Å². The zero-order valence-corrected chi connectivity index (χ0v) is 13.6. The van der Waals surface area contributed by atoms with Gasteiger partial charge in [-0.2, -0.15) is 0 Å². The second kappa shape index (κ2) is 6.35. The lowest BCUT2D eigenvalue weighted by atomic mass is 9.93. The van der Waals surface area contributed by atoms with Gasteiger partial charge in [0.15, 0.2) is 0 Å². The summed E-state index contributed by atoms with van der Waals surface area (Å²) in [6.07, 6.45) is 5.53. The van der Waals surface area contributed by atoms with Gasteiger partial charge in [0.2, 0.25) is 0 Å². The third kappa shape index (κ3) is 3.36. The maximum absolute atomic E-state index is 5.00. The molecule has 0 radical (unpaired) electrons. The van der Waals surface area contributed by atoms with Crippen molar-refractivity contribution in [3.63, 3.8) is 0 Å². The second-order valence-corrected chi connectivity index (χ2v) is 8.89. The fourth-order valence-corrected chi connectivity index (χ4v) is 2.32. The molecule has 106 valence electrons. The molecule has 2 nitrogen and oxygen atoms in total. The van der Waals surface area contributed by atoms with Crippen LogP contribution in [0.15, 0.2) is 42.5 Å². The summed E-state index contributed by atoms with van der Waals surface area (Å²) in [4.78, 5) is 0. The molecule has 0 unspecified atom stereocenters. The molecule has 0 fully saturated rings. The van der Waals surface area contributed by atoms with Gasteiger partial charge in [-0.3, -0.25) is 0 Å². The minimum atomic E-state index is -1.65. The molecule has 0 spiro atoms. The zero-order valence-electron chi connectivity index (χ0n) is 12.6. The molecule has 0 saturated heterocycles. The third-order valence-electron chi connectivity index (χ3n) is 3.64. The molecule has 3 rings (SSSR count). The molecule has 0 heterocycles. The van der Waals surface area contributed by atoms with Crippen LogP contribution in [-0.2, 0) is 15.3 Å². The summed E-state index contributed by atoms with van der Waals surface area (Å²) in [5.74, 6) is 0. The first-order valence-corrected chi connectivity index (χ1v) is 9.66. The Kier molecular flexibility index (Phi) is 4.76. The molecule has 2 aromatic rings. The van der Waals surface area contributed by atoms with Crippen molar-refractivity contribution in [2.75, 3.05) is 14.2 Å². The molecule has 0 bridgehead atoms. The largest absolute Gasteiger partial charge is 0.398 e. The number of rotatable bonds is 2. The Morgan fingerprint density at radius 3 is 2.20 bits per heavy atom. The summed E-state index contributed by atoms with van der Waals surface area (Å²) in [6.45, 7) is 3.99. The SMILES string of the molecule is C1=Cc2cccc3cccc(c23)C1.CO[Si](C)(C)OC. The number of hydrogen-bond acceptors (Lipinski definition) is 2. The van der Waals surface area contributed by atoms with Crippen molar-refractivity contribution in [2.24, 2.45) is 0 Å². The second-order valence-electron chi connectivity index (χ2n) is 5.28. The minimum Gasteiger partial charge on any atom is -0.398 e. The number of hydrogen-bond donors (Lipinski definition) is 0. The van der Waals surface area contributed by atoms with Gasteiger partial charge in [0.05, 0.1) is 0 Å². The van der Waals surface area contributed by atoms with E-state index in [9.17, 15) is 0 Å².